The van der Waals surface area contributed by atoms with Gasteiger partial charge in [-0.2, -0.15) is 0 Å². The maximum atomic E-state index is 6.87. The summed E-state index contributed by atoms with van der Waals surface area (Å²) in [6.45, 7) is 0. The standard InChI is InChI=1S/C53H33N3O/c1-3-13-34(14-4-1)35-25-29-39(30-26-35)52-54-51(38-16-5-2-6-17-38)55-53(56-52)40-31-27-37(28-32-40)47-33-48-46-24-12-23-45(42-22-11-18-36-15-7-8-19-41(36)42)49(46)57-50(48)44-21-10-9-20-43(44)47/h1-33H. The Balaban J connectivity index is 1.02. The van der Waals surface area contributed by atoms with Gasteiger partial charge in [-0.25, -0.2) is 15.0 Å². The summed E-state index contributed by atoms with van der Waals surface area (Å²) in [5.41, 5.74) is 11.4. The van der Waals surface area contributed by atoms with Crippen molar-refractivity contribution in [2.45, 2.75) is 0 Å². The van der Waals surface area contributed by atoms with Gasteiger partial charge in [0.15, 0.2) is 17.5 Å². The first-order valence-electron chi connectivity index (χ1n) is 19.2. The van der Waals surface area contributed by atoms with Crippen molar-refractivity contribution in [3.05, 3.63) is 200 Å². The topological polar surface area (TPSA) is 51.8 Å². The number of rotatable bonds is 6. The van der Waals surface area contributed by atoms with E-state index in [2.05, 4.69) is 164 Å². The molecule has 0 unspecified atom stereocenters. The van der Waals surface area contributed by atoms with Crippen molar-refractivity contribution in [1.82, 2.24) is 15.0 Å². The first-order chi connectivity index (χ1) is 28.2. The van der Waals surface area contributed by atoms with Crippen LogP contribution >= 0.6 is 0 Å². The molecule has 0 aliphatic carbocycles. The summed E-state index contributed by atoms with van der Waals surface area (Å²) < 4.78 is 6.87. The van der Waals surface area contributed by atoms with E-state index in [-0.39, 0.29) is 0 Å². The Labute approximate surface area is 329 Å². The molecule has 57 heavy (non-hydrogen) atoms. The Morgan fingerprint density at radius 2 is 0.702 bits per heavy atom. The average Bonchev–Trinajstić information content (AvgIpc) is 3.68. The summed E-state index contributed by atoms with van der Waals surface area (Å²) in [7, 11) is 0. The van der Waals surface area contributed by atoms with Crippen molar-refractivity contribution in [2.24, 2.45) is 0 Å². The molecule has 4 heteroatoms. The summed E-state index contributed by atoms with van der Waals surface area (Å²) in [5.74, 6) is 1.89. The smallest absolute Gasteiger partial charge is 0.164 e. The molecule has 0 aliphatic rings. The molecule has 0 amide bonds. The van der Waals surface area contributed by atoms with Gasteiger partial charge in [0.05, 0.1) is 0 Å². The fraction of sp³-hybridized carbons (Fsp3) is 0. The highest BCUT2D eigenvalue weighted by Crippen LogP contribution is 2.43. The summed E-state index contributed by atoms with van der Waals surface area (Å²) in [6.07, 6.45) is 0. The molecular formula is C53H33N3O. The lowest BCUT2D eigenvalue weighted by Gasteiger charge is -2.11. The molecular weight excluding hydrogens is 695 g/mol. The predicted molar refractivity (Wildman–Crippen MR) is 235 cm³/mol. The molecule has 0 saturated carbocycles. The number of hydrogen-bond donors (Lipinski definition) is 0. The third-order valence-electron chi connectivity index (χ3n) is 11.0. The van der Waals surface area contributed by atoms with Crippen LogP contribution in [0.1, 0.15) is 0 Å². The monoisotopic (exact) mass is 727 g/mol. The minimum absolute atomic E-state index is 0.625. The highest BCUT2D eigenvalue weighted by Gasteiger charge is 2.19. The van der Waals surface area contributed by atoms with E-state index in [1.54, 1.807) is 0 Å². The number of hydrogen-bond acceptors (Lipinski definition) is 4. The van der Waals surface area contributed by atoms with Crippen molar-refractivity contribution >= 4 is 43.5 Å². The minimum atomic E-state index is 0.625. The first kappa shape index (κ1) is 32.7. The maximum Gasteiger partial charge on any atom is 0.164 e. The van der Waals surface area contributed by atoms with Gasteiger partial charge in [-0.05, 0) is 50.0 Å². The van der Waals surface area contributed by atoms with Crippen LogP contribution in [0, 0.1) is 0 Å². The molecule has 266 valence electrons. The fourth-order valence-corrected chi connectivity index (χ4v) is 8.12. The molecule has 0 bridgehead atoms. The fourth-order valence-electron chi connectivity index (χ4n) is 8.12. The molecule has 0 N–H and O–H groups in total. The summed E-state index contributed by atoms with van der Waals surface area (Å²) in [6, 6.07) is 69.8. The summed E-state index contributed by atoms with van der Waals surface area (Å²) >= 11 is 0. The van der Waals surface area contributed by atoms with Crippen LogP contribution in [-0.4, -0.2) is 15.0 Å². The predicted octanol–water partition coefficient (Wildman–Crippen LogP) is 14.1. The molecule has 11 aromatic rings. The Morgan fingerprint density at radius 1 is 0.263 bits per heavy atom. The zero-order valence-electron chi connectivity index (χ0n) is 30.8. The van der Waals surface area contributed by atoms with Crippen LogP contribution in [0.2, 0.25) is 0 Å². The van der Waals surface area contributed by atoms with Crippen LogP contribution in [-0.2, 0) is 0 Å². The van der Waals surface area contributed by atoms with Crippen LogP contribution in [0.25, 0.3) is 111 Å². The van der Waals surface area contributed by atoms with E-state index in [0.717, 1.165) is 71.7 Å². The highest BCUT2D eigenvalue weighted by atomic mass is 16.3. The molecule has 2 heterocycles. The van der Waals surface area contributed by atoms with Gasteiger partial charge in [0, 0.05) is 38.4 Å². The number of aromatic nitrogens is 3. The summed E-state index contributed by atoms with van der Waals surface area (Å²) in [5, 5.41) is 6.83. The van der Waals surface area contributed by atoms with E-state index in [4.69, 9.17) is 19.4 Å². The van der Waals surface area contributed by atoms with E-state index in [1.165, 1.54) is 21.9 Å². The van der Waals surface area contributed by atoms with Gasteiger partial charge in [-0.1, -0.05) is 194 Å². The van der Waals surface area contributed by atoms with Crippen LogP contribution in [0.15, 0.2) is 205 Å². The van der Waals surface area contributed by atoms with Crippen molar-refractivity contribution < 1.29 is 4.42 Å². The number of para-hydroxylation sites is 1. The third kappa shape index (κ3) is 5.74. The maximum absolute atomic E-state index is 6.87. The van der Waals surface area contributed by atoms with Crippen molar-refractivity contribution in [3.8, 4) is 67.5 Å². The normalized spacial score (nSPS) is 11.5. The zero-order valence-corrected chi connectivity index (χ0v) is 30.8. The van der Waals surface area contributed by atoms with Gasteiger partial charge in [0.25, 0.3) is 0 Å². The first-order valence-corrected chi connectivity index (χ1v) is 19.2. The highest BCUT2D eigenvalue weighted by molar-refractivity contribution is 6.21. The van der Waals surface area contributed by atoms with Gasteiger partial charge >= 0.3 is 0 Å². The number of furan rings is 1. The Morgan fingerprint density at radius 3 is 1.39 bits per heavy atom. The van der Waals surface area contributed by atoms with Crippen molar-refractivity contribution in [3.63, 3.8) is 0 Å². The number of benzene rings is 9. The molecule has 0 atom stereocenters. The van der Waals surface area contributed by atoms with Crippen LogP contribution in [0.3, 0.4) is 0 Å². The summed E-state index contributed by atoms with van der Waals surface area (Å²) in [4.78, 5) is 15.0. The molecule has 0 radical (unpaired) electrons. The van der Waals surface area contributed by atoms with E-state index < -0.39 is 0 Å². The van der Waals surface area contributed by atoms with E-state index in [0.29, 0.717) is 17.5 Å². The third-order valence-corrected chi connectivity index (χ3v) is 11.0. The average molecular weight is 728 g/mol. The lowest BCUT2D eigenvalue weighted by Crippen LogP contribution is -2.00. The van der Waals surface area contributed by atoms with Crippen LogP contribution < -0.4 is 0 Å². The Kier molecular flexibility index (Phi) is 7.78. The van der Waals surface area contributed by atoms with Gasteiger partial charge in [0.1, 0.15) is 11.2 Å². The van der Waals surface area contributed by atoms with Gasteiger partial charge in [-0.15, -0.1) is 0 Å². The van der Waals surface area contributed by atoms with Crippen LogP contribution in [0.5, 0.6) is 0 Å². The second-order valence-electron chi connectivity index (χ2n) is 14.4. The molecule has 4 nitrogen and oxygen atoms in total. The van der Waals surface area contributed by atoms with E-state index in [1.807, 2.05) is 36.4 Å². The van der Waals surface area contributed by atoms with Crippen molar-refractivity contribution in [2.75, 3.05) is 0 Å². The Hall–Kier alpha value is -7.69. The van der Waals surface area contributed by atoms with Gasteiger partial charge in [0.2, 0.25) is 0 Å². The largest absolute Gasteiger partial charge is 0.455 e. The molecule has 0 fully saturated rings. The van der Waals surface area contributed by atoms with E-state index in [9.17, 15) is 0 Å². The van der Waals surface area contributed by atoms with Crippen molar-refractivity contribution in [1.29, 1.82) is 0 Å². The molecule has 0 aliphatic heterocycles. The zero-order chi connectivity index (χ0) is 37.7. The quantitative estimate of drug-likeness (QED) is 0.171. The number of nitrogens with zero attached hydrogens (tertiary/aromatic N) is 3. The minimum Gasteiger partial charge on any atom is -0.455 e. The van der Waals surface area contributed by atoms with Crippen LogP contribution in [0.4, 0.5) is 0 Å². The lowest BCUT2D eigenvalue weighted by atomic mass is 9.93. The molecule has 11 rings (SSSR count). The number of fused-ring (bicyclic) bond motifs is 6. The molecule has 0 spiro atoms. The van der Waals surface area contributed by atoms with Gasteiger partial charge in [-0.3, -0.25) is 0 Å². The SMILES string of the molecule is c1ccc(-c2ccc(-c3nc(-c4ccccc4)nc(-c4ccc(-c5cc6c7cccc(-c8cccc9ccccc89)c7oc6c6ccccc56)cc4)n3)cc2)cc1. The Bertz CT molecular complexity index is 3260. The second-order valence-corrected chi connectivity index (χ2v) is 14.4. The molecule has 2 aromatic heterocycles. The molecule has 9 aromatic carbocycles. The van der Waals surface area contributed by atoms with E-state index >= 15 is 0 Å². The second kappa shape index (κ2) is 13.6. The molecule has 0 saturated heterocycles. The van der Waals surface area contributed by atoms with Gasteiger partial charge < -0.3 is 4.42 Å². The lowest BCUT2D eigenvalue weighted by molar-refractivity contribution is 0.674.